The van der Waals surface area contributed by atoms with E-state index in [0.29, 0.717) is 65.8 Å². The Morgan fingerprint density at radius 3 is 2.26 bits per heavy atom. The number of carbonyl (C=O) groups is 6. The summed E-state index contributed by atoms with van der Waals surface area (Å²) in [4.78, 5) is 108. The van der Waals surface area contributed by atoms with Crippen LogP contribution in [0.2, 0.25) is 0 Å². The largest absolute Gasteiger partial charge is 0.510 e. The highest BCUT2D eigenvalue weighted by Crippen LogP contribution is 2.44. The van der Waals surface area contributed by atoms with E-state index in [-0.39, 0.29) is 86.7 Å². The smallest absolute Gasteiger partial charge is 0.486 e. The van der Waals surface area contributed by atoms with Gasteiger partial charge in [-0.15, -0.1) is 0 Å². The molecule has 4 aliphatic heterocycles. The Bertz CT molecular complexity index is 2980. The minimum Gasteiger partial charge on any atom is -0.486 e. The lowest BCUT2D eigenvalue weighted by Gasteiger charge is -2.35. The monoisotopic (exact) mass is 1050 g/mol. The maximum atomic E-state index is 14.6. The van der Waals surface area contributed by atoms with Crippen molar-refractivity contribution in [3.8, 4) is 22.9 Å². The summed E-state index contributed by atoms with van der Waals surface area (Å²) in [5, 5.41) is 9.17. The zero-order valence-corrected chi connectivity index (χ0v) is 44.0. The number of likely N-dealkylation sites (N-methyl/N-ethyl adjacent to an activating group) is 1. The number of hydrogen-bond acceptors (Lipinski definition) is 16. The summed E-state index contributed by atoms with van der Waals surface area (Å²) in [5.74, 6) is -2.01. The molecule has 2 aromatic heterocycles. The van der Waals surface area contributed by atoms with E-state index in [1.165, 1.54) is 0 Å². The van der Waals surface area contributed by atoms with Crippen LogP contribution in [0.15, 0.2) is 52.3 Å². The average Bonchev–Trinajstić information content (AvgIpc) is 3.82. The van der Waals surface area contributed by atoms with Gasteiger partial charge < -0.3 is 60.6 Å². The second kappa shape index (κ2) is 23.5. The average molecular weight is 1050 g/mol. The summed E-state index contributed by atoms with van der Waals surface area (Å²) in [6.45, 7) is 13.5. The summed E-state index contributed by atoms with van der Waals surface area (Å²) in [6.07, 6.45) is -0.829. The van der Waals surface area contributed by atoms with Crippen LogP contribution in [0.4, 0.5) is 10.5 Å². The lowest BCUT2D eigenvalue weighted by molar-refractivity contribution is -0.175. The number of esters is 1. The molecule has 3 amide bonds. The fourth-order valence-corrected chi connectivity index (χ4v) is 9.83. The molecule has 0 bridgehead atoms. The first-order valence-electron chi connectivity index (χ1n) is 25.9. The number of ether oxygens (including phenoxy) is 5. The Morgan fingerprint density at radius 2 is 1.59 bits per heavy atom. The normalized spacial score (nSPS) is 17.7. The van der Waals surface area contributed by atoms with Crippen molar-refractivity contribution < 1.29 is 52.5 Å². The third-order valence-corrected chi connectivity index (χ3v) is 14.3. The number of pyridine rings is 2. The molecule has 4 aromatic rings. The summed E-state index contributed by atoms with van der Waals surface area (Å²) < 4.78 is 30.7. The third kappa shape index (κ3) is 12.1. The van der Waals surface area contributed by atoms with Crippen molar-refractivity contribution in [3.05, 3.63) is 80.6 Å². The van der Waals surface area contributed by atoms with Gasteiger partial charge in [-0.2, -0.15) is 0 Å². The van der Waals surface area contributed by atoms with Crippen LogP contribution in [0.3, 0.4) is 0 Å². The standard InChI is InChI=1S/C54H68N10O12/c1-7-54(76-53(71)75-28-32-10-12-33(13-11-32)58-48(67)39(9-8-16-57-52(55)56)60-49(68)46(31(4)5)61-45(66)15-14-42(65)30(2)3)38-24-41-47-36(27-64(41)50(69)37(38)29-74-51(54)70)35(26-63-19-17-62(6)18-20-63)34-23-43-44(25-40(34)59-47)73-22-21-72-43/h10-13,23-25,30-31,39,46H,7-9,14-22,26-29H2,1-6H3,(H,58,67)(H,60,68)(H,61,66)(H4,55,56,57)/t39-,46-,54-/m0/s1. The number of piperazine rings is 1. The molecule has 22 heteroatoms. The number of fused-ring (bicyclic) bond motifs is 6. The van der Waals surface area contributed by atoms with Crippen LogP contribution in [0.5, 0.6) is 11.5 Å². The van der Waals surface area contributed by atoms with Crippen LogP contribution in [0, 0.1) is 11.8 Å². The Hall–Kier alpha value is -7.59. The predicted molar refractivity (Wildman–Crippen MR) is 280 cm³/mol. The minimum atomic E-state index is -2.02. The quantitative estimate of drug-likeness (QED) is 0.0322. The summed E-state index contributed by atoms with van der Waals surface area (Å²) >= 11 is 0. The molecule has 3 atom stereocenters. The van der Waals surface area contributed by atoms with Crippen molar-refractivity contribution in [1.82, 2.24) is 30.0 Å². The molecule has 2 aromatic carbocycles. The maximum Gasteiger partial charge on any atom is 0.510 e. The van der Waals surface area contributed by atoms with E-state index in [9.17, 15) is 33.6 Å². The van der Waals surface area contributed by atoms with Crippen LogP contribution in [-0.2, 0) is 70.1 Å². The van der Waals surface area contributed by atoms with E-state index >= 15 is 0 Å². The Morgan fingerprint density at radius 1 is 0.882 bits per heavy atom. The number of Topliss-reactive ketones (excluding diaryl/α,β-unsaturated/α-hetero) is 1. The highest BCUT2D eigenvalue weighted by molar-refractivity contribution is 5.99. The number of nitrogens with two attached hydrogens (primary N) is 2. The van der Waals surface area contributed by atoms with Crippen molar-refractivity contribution in [2.24, 2.45) is 28.3 Å². The number of ketones is 1. The number of anilines is 1. The highest BCUT2D eigenvalue weighted by Gasteiger charge is 2.51. The lowest BCUT2D eigenvalue weighted by atomic mass is 9.85. The number of aliphatic imine (C=N–C) groups is 1. The van der Waals surface area contributed by atoms with Crippen molar-refractivity contribution in [2.75, 3.05) is 58.3 Å². The van der Waals surface area contributed by atoms with Crippen LogP contribution >= 0.6 is 0 Å². The summed E-state index contributed by atoms with van der Waals surface area (Å²) in [6, 6.07) is 9.86. The van der Waals surface area contributed by atoms with E-state index < -0.39 is 53.1 Å². The predicted octanol–water partition coefficient (Wildman–Crippen LogP) is 3.58. The second-order valence-electron chi connectivity index (χ2n) is 20.3. The van der Waals surface area contributed by atoms with Crippen LogP contribution < -0.4 is 42.5 Å². The van der Waals surface area contributed by atoms with Gasteiger partial charge in [0.2, 0.25) is 23.3 Å². The van der Waals surface area contributed by atoms with Gasteiger partial charge in [0.25, 0.3) is 5.56 Å². The van der Waals surface area contributed by atoms with Gasteiger partial charge in [0.05, 0.1) is 29.0 Å². The maximum absolute atomic E-state index is 14.6. The fraction of sp³-hybridized carbons (Fsp3) is 0.500. The number of cyclic esters (lactones) is 1. The first-order chi connectivity index (χ1) is 36.3. The van der Waals surface area contributed by atoms with Gasteiger partial charge >= 0.3 is 12.1 Å². The molecule has 7 N–H and O–H groups in total. The Balaban J connectivity index is 0.965. The molecule has 0 aliphatic carbocycles. The molecule has 0 spiro atoms. The molecule has 8 rings (SSSR count). The van der Waals surface area contributed by atoms with E-state index in [0.717, 1.165) is 42.7 Å². The molecule has 0 saturated carbocycles. The van der Waals surface area contributed by atoms with Crippen molar-refractivity contribution >= 4 is 58.2 Å². The topological polar surface area (TPSA) is 290 Å². The molecule has 1 saturated heterocycles. The van der Waals surface area contributed by atoms with Crippen molar-refractivity contribution in [1.29, 1.82) is 0 Å². The molecule has 4 aliphatic rings. The van der Waals surface area contributed by atoms with Gasteiger partial charge in [-0.3, -0.25) is 33.9 Å². The Labute approximate surface area is 440 Å². The number of nitrogens with zero attached hydrogens (tertiary/aromatic N) is 5. The number of rotatable bonds is 20. The molecule has 0 unspecified atom stereocenters. The lowest BCUT2D eigenvalue weighted by Crippen LogP contribution is -2.54. The number of amides is 3. The fourth-order valence-electron chi connectivity index (χ4n) is 9.83. The first kappa shape index (κ1) is 54.7. The SMILES string of the molecule is CC[C@@]1(OC(=O)OCc2ccc(NC(=O)[C@H](CCCN=C(N)N)NC(=O)[C@@H](NC(=O)CCC(=O)C(C)C)C(C)C)cc2)C(=O)OCc2c1cc1n(c2=O)Cc2c-1nc1cc3c(cc1c2CN1CCN(C)CC1)OCCO3. The molecule has 406 valence electrons. The molecule has 0 radical (unpaired) electrons. The van der Waals surface area contributed by atoms with Gasteiger partial charge in [0.1, 0.15) is 44.3 Å². The summed E-state index contributed by atoms with van der Waals surface area (Å²) in [5.41, 5.74) is 13.4. The van der Waals surface area contributed by atoms with Gasteiger partial charge in [-0.25, -0.2) is 14.6 Å². The van der Waals surface area contributed by atoms with E-state index in [1.807, 2.05) is 12.1 Å². The number of carbonyl (C=O) groups excluding carboxylic acids is 6. The van der Waals surface area contributed by atoms with Crippen molar-refractivity contribution in [3.63, 3.8) is 0 Å². The van der Waals surface area contributed by atoms with E-state index in [4.69, 9.17) is 40.1 Å². The number of nitrogens with one attached hydrogen (secondary N) is 3. The zero-order valence-electron chi connectivity index (χ0n) is 44.0. The van der Waals surface area contributed by atoms with Gasteiger partial charge in [-0.1, -0.05) is 46.8 Å². The molecular weight excluding hydrogens is 981 g/mol. The second-order valence-corrected chi connectivity index (χ2v) is 20.3. The third-order valence-electron chi connectivity index (χ3n) is 14.3. The van der Waals surface area contributed by atoms with Crippen LogP contribution in [-0.4, -0.2) is 126 Å². The van der Waals surface area contributed by atoms with Gasteiger partial charge in [0, 0.05) is 86.3 Å². The minimum absolute atomic E-state index is 0.0397. The number of aromatic nitrogens is 2. The molecule has 22 nitrogen and oxygen atoms in total. The summed E-state index contributed by atoms with van der Waals surface area (Å²) in [7, 11) is 2.10. The number of benzene rings is 2. The van der Waals surface area contributed by atoms with Gasteiger partial charge in [-0.05, 0) is 67.6 Å². The highest BCUT2D eigenvalue weighted by atomic mass is 16.7. The van der Waals surface area contributed by atoms with E-state index in [1.54, 1.807) is 69.5 Å². The molecule has 6 heterocycles. The zero-order chi connectivity index (χ0) is 54.4. The number of guanidine groups is 1. The van der Waals surface area contributed by atoms with E-state index in [2.05, 4.69) is 37.8 Å². The molecule has 1 fully saturated rings. The van der Waals surface area contributed by atoms with Crippen molar-refractivity contribution in [2.45, 2.75) is 111 Å². The van der Waals surface area contributed by atoms with Crippen LogP contribution in [0.25, 0.3) is 22.3 Å². The number of hydrogen-bond donors (Lipinski definition) is 5. The van der Waals surface area contributed by atoms with Gasteiger partial charge in [0.15, 0.2) is 17.5 Å². The first-order valence-corrected chi connectivity index (χ1v) is 25.9. The molecular formula is C54H68N10O12. The Kier molecular flexibility index (Phi) is 16.9. The van der Waals surface area contributed by atoms with Crippen LogP contribution in [0.1, 0.15) is 94.5 Å². The molecule has 76 heavy (non-hydrogen) atoms.